The van der Waals surface area contributed by atoms with E-state index in [2.05, 4.69) is 0 Å². The first kappa shape index (κ1) is 7.47. The quantitative estimate of drug-likeness (QED) is 0.505. The second-order valence-electron chi connectivity index (χ2n) is 1.65. The van der Waals surface area contributed by atoms with Gasteiger partial charge in [0.25, 0.3) is 0 Å². The summed E-state index contributed by atoms with van der Waals surface area (Å²) in [5.74, 6) is -0.226. The predicted molar refractivity (Wildman–Crippen MR) is 31.2 cm³/mol. The number of esters is 1. The highest BCUT2D eigenvalue weighted by atomic mass is 16.5. The van der Waals surface area contributed by atoms with Crippen molar-refractivity contribution in [2.75, 3.05) is 0 Å². The fourth-order valence-corrected chi connectivity index (χ4v) is 0.330. The highest BCUT2D eigenvalue weighted by molar-refractivity contribution is 5.66. The Morgan fingerprint density at radius 2 is 2.25 bits per heavy atom. The first-order valence-electron chi connectivity index (χ1n) is 2.63. The Balaban J connectivity index is 3.24. The van der Waals surface area contributed by atoms with Gasteiger partial charge in [0.2, 0.25) is 0 Å². The zero-order valence-electron chi connectivity index (χ0n) is 5.47. The van der Waals surface area contributed by atoms with E-state index in [1.807, 2.05) is 20.3 Å². The van der Waals surface area contributed by atoms with E-state index in [0.717, 1.165) is 0 Å². The van der Waals surface area contributed by atoms with Gasteiger partial charge in [-0.3, -0.25) is 4.79 Å². The Labute approximate surface area is 49.8 Å². The van der Waals surface area contributed by atoms with E-state index in [0.29, 0.717) is 0 Å². The number of ether oxygens (including phenoxy) is 1. The number of hydrogen-bond donors (Lipinski definition) is 0. The molecule has 1 radical (unpaired) electrons. The Morgan fingerprint density at radius 1 is 1.75 bits per heavy atom. The van der Waals surface area contributed by atoms with E-state index in [-0.39, 0.29) is 12.1 Å². The van der Waals surface area contributed by atoms with Crippen molar-refractivity contribution in [1.82, 2.24) is 0 Å². The molecular formula is C6H11O2. The molecule has 0 bridgehead atoms. The second-order valence-corrected chi connectivity index (χ2v) is 1.65. The summed E-state index contributed by atoms with van der Waals surface area (Å²) >= 11 is 0. The Bertz CT molecular complexity index is 78.6. The van der Waals surface area contributed by atoms with Crippen molar-refractivity contribution in [3.8, 4) is 0 Å². The molecule has 8 heavy (non-hydrogen) atoms. The summed E-state index contributed by atoms with van der Waals surface area (Å²) in [5.41, 5.74) is 0. The third kappa shape index (κ3) is 3.65. The lowest BCUT2D eigenvalue weighted by molar-refractivity contribution is -0.144. The third-order valence-corrected chi connectivity index (χ3v) is 0.821. The van der Waals surface area contributed by atoms with E-state index in [1.165, 1.54) is 6.92 Å². The molecule has 47 valence electrons. The fraction of sp³-hybridized carbons (Fsp3) is 0.667. The summed E-state index contributed by atoms with van der Waals surface area (Å²) < 4.78 is 4.70. The van der Waals surface area contributed by atoms with Crippen molar-refractivity contribution in [2.45, 2.75) is 26.9 Å². The number of carbonyl (C=O) groups is 1. The highest BCUT2D eigenvalue weighted by Gasteiger charge is 1.99. The smallest absolute Gasteiger partial charge is 0.302 e. The van der Waals surface area contributed by atoms with Crippen LogP contribution in [0, 0.1) is 6.42 Å². The van der Waals surface area contributed by atoms with Crippen LogP contribution in [0.25, 0.3) is 0 Å². The van der Waals surface area contributed by atoms with Crippen LogP contribution < -0.4 is 0 Å². The maximum absolute atomic E-state index is 10.2. The molecule has 0 aromatic heterocycles. The van der Waals surface area contributed by atoms with Gasteiger partial charge in [0.1, 0.15) is 6.10 Å². The molecule has 0 fully saturated rings. The molecule has 0 spiro atoms. The minimum atomic E-state index is -0.226. The molecule has 1 atom stereocenters. The first-order valence-corrected chi connectivity index (χ1v) is 2.63. The van der Waals surface area contributed by atoms with Gasteiger partial charge in [-0.15, -0.1) is 0 Å². The molecule has 1 unspecified atom stereocenters. The molecule has 0 rings (SSSR count). The second kappa shape index (κ2) is 3.47. The highest BCUT2D eigenvalue weighted by Crippen LogP contribution is 1.93. The van der Waals surface area contributed by atoms with Crippen molar-refractivity contribution in [3.05, 3.63) is 6.42 Å². The van der Waals surface area contributed by atoms with Gasteiger partial charge in [-0.2, -0.15) is 0 Å². The Morgan fingerprint density at radius 3 is 2.38 bits per heavy atom. The van der Waals surface area contributed by atoms with Crippen molar-refractivity contribution in [1.29, 1.82) is 0 Å². The molecular weight excluding hydrogens is 104 g/mol. The summed E-state index contributed by atoms with van der Waals surface area (Å²) in [4.78, 5) is 10.2. The van der Waals surface area contributed by atoms with Crippen molar-refractivity contribution >= 4 is 5.97 Å². The van der Waals surface area contributed by atoms with Gasteiger partial charge < -0.3 is 4.74 Å². The maximum atomic E-state index is 10.2. The summed E-state index contributed by atoms with van der Waals surface area (Å²) in [5, 5.41) is 0. The van der Waals surface area contributed by atoms with E-state index >= 15 is 0 Å². The van der Waals surface area contributed by atoms with Gasteiger partial charge >= 0.3 is 5.97 Å². The lowest BCUT2D eigenvalue weighted by Crippen LogP contribution is -2.10. The molecule has 0 heterocycles. The number of rotatable bonds is 2. The average Bonchev–Trinajstić information content (AvgIpc) is 1.65. The molecule has 0 aliphatic heterocycles. The van der Waals surface area contributed by atoms with Crippen LogP contribution in [0.5, 0.6) is 0 Å². The van der Waals surface area contributed by atoms with Gasteiger partial charge in [0, 0.05) is 6.92 Å². The molecule has 0 saturated heterocycles. The zero-order chi connectivity index (χ0) is 6.57. The SMILES string of the molecule is C[CH]C(C)OC(C)=O. The first-order chi connectivity index (χ1) is 3.66. The van der Waals surface area contributed by atoms with Crippen LogP contribution in [0.3, 0.4) is 0 Å². The largest absolute Gasteiger partial charge is 0.463 e. The van der Waals surface area contributed by atoms with Gasteiger partial charge in [-0.1, -0.05) is 6.92 Å². The topological polar surface area (TPSA) is 26.3 Å². The zero-order valence-corrected chi connectivity index (χ0v) is 5.47. The number of hydrogen-bond acceptors (Lipinski definition) is 2. The van der Waals surface area contributed by atoms with Gasteiger partial charge in [-0.25, -0.2) is 0 Å². The molecule has 0 saturated carbocycles. The molecule has 2 nitrogen and oxygen atoms in total. The van der Waals surface area contributed by atoms with Crippen LogP contribution in [-0.4, -0.2) is 12.1 Å². The van der Waals surface area contributed by atoms with Gasteiger partial charge in [0.15, 0.2) is 0 Å². The fourth-order valence-electron chi connectivity index (χ4n) is 0.330. The Hall–Kier alpha value is -0.530. The van der Waals surface area contributed by atoms with Crippen LogP contribution in [0.1, 0.15) is 20.8 Å². The minimum Gasteiger partial charge on any atom is -0.463 e. The lowest BCUT2D eigenvalue weighted by Gasteiger charge is -2.06. The molecule has 0 aliphatic carbocycles. The standard InChI is InChI=1S/C6H11O2/c1-4-5(2)8-6(3)7/h4-5H,1-3H3. The summed E-state index contributed by atoms with van der Waals surface area (Å²) in [7, 11) is 0. The van der Waals surface area contributed by atoms with Crippen molar-refractivity contribution < 1.29 is 9.53 Å². The number of carbonyl (C=O) groups excluding carboxylic acids is 1. The van der Waals surface area contributed by atoms with E-state index in [4.69, 9.17) is 4.74 Å². The third-order valence-electron chi connectivity index (χ3n) is 0.821. The van der Waals surface area contributed by atoms with Crippen LogP contribution >= 0.6 is 0 Å². The molecule has 0 amide bonds. The van der Waals surface area contributed by atoms with Crippen molar-refractivity contribution in [3.63, 3.8) is 0 Å². The van der Waals surface area contributed by atoms with Crippen LogP contribution in [0.2, 0.25) is 0 Å². The monoisotopic (exact) mass is 115 g/mol. The van der Waals surface area contributed by atoms with E-state index in [1.54, 1.807) is 0 Å². The Kier molecular flexibility index (Phi) is 3.24. The van der Waals surface area contributed by atoms with E-state index in [9.17, 15) is 4.79 Å². The van der Waals surface area contributed by atoms with Crippen LogP contribution in [-0.2, 0) is 9.53 Å². The van der Waals surface area contributed by atoms with Gasteiger partial charge in [0.05, 0.1) is 0 Å². The average molecular weight is 115 g/mol. The summed E-state index contributed by atoms with van der Waals surface area (Å²) in [6.45, 7) is 5.08. The normalized spacial score (nSPS) is 12.9. The molecule has 0 aromatic carbocycles. The lowest BCUT2D eigenvalue weighted by atomic mass is 10.3. The maximum Gasteiger partial charge on any atom is 0.302 e. The molecule has 0 aliphatic rings. The molecule has 0 aromatic rings. The van der Waals surface area contributed by atoms with E-state index < -0.39 is 0 Å². The molecule has 2 heteroatoms. The summed E-state index contributed by atoms with van der Waals surface area (Å²) in [6, 6.07) is 0. The predicted octanol–water partition coefficient (Wildman–Crippen LogP) is 1.16. The summed E-state index contributed by atoms with van der Waals surface area (Å²) in [6.07, 6.45) is 1.77. The van der Waals surface area contributed by atoms with Crippen LogP contribution in [0.15, 0.2) is 0 Å². The van der Waals surface area contributed by atoms with Gasteiger partial charge in [-0.05, 0) is 13.3 Å². The van der Waals surface area contributed by atoms with Crippen molar-refractivity contribution in [2.24, 2.45) is 0 Å². The molecule has 0 N–H and O–H groups in total. The van der Waals surface area contributed by atoms with Crippen LogP contribution in [0.4, 0.5) is 0 Å². The minimum absolute atomic E-state index is 0.0486.